The van der Waals surface area contributed by atoms with Gasteiger partial charge in [-0.2, -0.15) is 8.42 Å². The van der Waals surface area contributed by atoms with Crippen LogP contribution in [-0.4, -0.2) is 28.2 Å². The first-order valence-corrected chi connectivity index (χ1v) is 8.02. The molecule has 106 valence electrons. The molecule has 5 heteroatoms. The minimum absolute atomic E-state index is 0.0724. The third-order valence-corrected chi connectivity index (χ3v) is 4.68. The van der Waals surface area contributed by atoms with Crippen LogP contribution in [0, 0.1) is 12.8 Å². The smallest absolute Gasteiger partial charge is 0.297 e. The Morgan fingerprint density at radius 3 is 2.42 bits per heavy atom. The Balaban J connectivity index is 1.72. The van der Waals surface area contributed by atoms with Crippen molar-refractivity contribution in [2.24, 2.45) is 5.92 Å². The summed E-state index contributed by atoms with van der Waals surface area (Å²) in [6.07, 6.45) is 3.73. The van der Waals surface area contributed by atoms with E-state index in [1.54, 1.807) is 24.3 Å². The molecule has 1 aliphatic rings. The van der Waals surface area contributed by atoms with Gasteiger partial charge in [-0.3, -0.25) is 4.18 Å². The maximum Gasteiger partial charge on any atom is 0.297 e. The largest absolute Gasteiger partial charge is 0.379 e. The van der Waals surface area contributed by atoms with Crippen molar-refractivity contribution in [3.63, 3.8) is 0 Å². The van der Waals surface area contributed by atoms with Crippen LogP contribution in [0.4, 0.5) is 0 Å². The first-order valence-electron chi connectivity index (χ1n) is 6.62. The minimum atomic E-state index is -3.65. The highest BCUT2D eigenvalue weighted by molar-refractivity contribution is 7.86. The van der Waals surface area contributed by atoms with Crippen molar-refractivity contribution in [1.82, 2.24) is 0 Å². The van der Waals surface area contributed by atoms with E-state index in [0.717, 1.165) is 5.56 Å². The van der Waals surface area contributed by atoms with Crippen LogP contribution in [0.2, 0.25) is 0 Å². The van der Waals surface area contributed by atoms with Gasteiger partial charge in [-0.1, -0.05) is 24.1 Å². The molecule has 1 aromatic carbocycles. The zero-order chi connectivity index (χ0) is 13.7. The van der Waals surface area contributed by atoms with Gasteiger partial charge in [0, 0.05) is 6.61 Å². The Labute approximate surface area is 114 Å². The van der Waals surface area contributed by atoms with Crippen LogP contribution in [-0.2, 0) is 19.0 Å². The van der Waals surface area contributed by atoms with Crippen molar-refractivity contribution < 1.29 is 17.3 Å². The summed E-state index contributed by atoms with van der Waals surface area (Å²) >= 11 is 0. The van der Waals surface area contributed by atoms with E-state index in [1.807, 2.05) is 6.92 Å². The van der Waals surface area contributed by atoms with Gasteiger partial charge in [0.25, 0.3) is 10.1 Å². The maximum atomic E-state index is 11.8. The Kier molecular flexibility index (Phi) is 4.96. The van der Waals surface area contributed by atoms with Crippen molar-refractivity contribution >= 4 is 10.1 Å². The summed E-state index contributed by atoms with van der Waals surface area (Å²) in [5, 5.41) is 0. The Morgan fingerprint density at radius 1 is 1.16 bits per heavy atom. The van der Waals surface area contributed by atoms with Crippen molar-refractivity contribution in [3.05, 3.63) is 29.8 Å². The lowest BCUT2D eigenvalue weighted by molar-refractivity contribution is 0.0527. The van der Waals surface area contributed by atoms with Crippen LogP contribution in [0.5, 0.6) is 0 Å². The molecule has 1 aromatic rings. The lowest BCUT2D eigenvalue weighted by Gasteiger charge is -2.24. The van der Waals surface area contributed by atoms with Gasteiger partial charge in [0.15, 0.2) is 0 Å². The van der Waals surface area contributed by atoms with Crippen LogP contribution in [0.25, 0.3) is 0 Å². The quantitative estimate of drug-likeness (QED) is 0.570. The molecule has 0 heterocycles. The molecule has 0 aliphatic heterocycles. The monoisotopic (exact) mass is 284 g/mol. The molecule has 1 saturated carbocycles. The van der Waals surface area contributed by atoms with E-state index in [9.17, 15) is 8.42 Å². The zero-order valence-corrected chi connectivity index (χ0v) is 12.0. The highest BCUT2D eigenvalue weighted by Gasteiger charge is 2.18. The molecule has 0 N–H and O–H groups in total. The lowest BCUT2D eigenvalue weighted by atomic mass is 9.86. The highest BCUT2D eigenvalue weighted by atomic mass is 32.2. The van der Waals surface area contributed by atoms with E-state index in [-0.39, 0.29) is 11.5 Å². The molecule has 0 atom stereocenters. The predicted molar refractivity (Wildman–Crippen MR) is 72.5 cm³/mol. The van der Waals surface area contributed by atoms with Gasteiger partial charge in [0.1, 0.15) is 0 Å². The minimum Gasteiger partial charge on any atom is -0.379 e. The van der Waals surface area contributed by atoms with Crippen molar-refractivity contribution in [2.75, 3.05) is 19.8 Å². The van der Waals surface area contributed by atoms with E-state index >= 15 is 0 Å². The molecule has 0 bridgehead atoms. The van der Waals surface area contributed by atoms with Gasteiger partial charge in [-0.25, -0.2) is 0 Å². The van der Waals surface area contributed by atoms with E-state index in [1.165, 1.54) is 19.3 Å². The fourth-order valence-electron chi connectivity index (χ4n) is 1.89. The van der Waals surface area contributed by atoms with E-state index in [0.29, 0.717) is 19.1 Å². The lowest BCUT2D eigenvalue weighted by Crippen LogP contribution is -2.19. The summed E-state index contributed by atoms with van der Waals surface area (Å²) in [5.74, 6) is 0.661. The number of hydrogen-bond acceptors (Lipinski definition) is 4. The number of rotatable bonds is 7. The molecule has 1 fully saturated rings. The normalized spacial score (nSPS) is 16.3. The predicted octanol–water partition coefficient (Wildman–Crippen LogP) is 2.52. The number of aryl methyl sites for hydroxylation is 1. The van der Waals surface area contributed by atoms with Crippen LogP contribution in [0.15, 0.2) is 29.2 Å². The van der Waals surface area contributed by atoms with Gasteiger partial charge in [0.05, 0.1) is 18.1 Å². The third kappa shape index (κ3) is 4.30. The summed E-state index contributed by atoms with van der Waals surface area (Å²) < 4.78 is 34.0. The molecule has 2 rings (SSSR count). The summed E-state index contributed by atoms with van der Waals surface area (Å²) in [5.41, 5.74) is 1.02. The molecule has 1 aliphatic carbocycles. The van der Waals surface area contributed by atoms with Crippen LogP contribution in [0.1, 0.15) is 24.8 Å². The van der Waals surface area contributed by atoms with Gasteiger partial charge in [-0.15, -0.1) is 0 Å². The zero-order valence-electron chi connectivity index (χ0n) is 11.2. The van der Waals surface area contributed by atoms with Crippen molar-refractivity contribution in [3.8, 4) is 0 Å². The average Bonchev–Trinajstić information content (AvgIpc) is 2.32. The molecule has 0 radical (unpaired) electrons. The van der Waals surface area contributed by atoms with E-state index < -0.39 is 10.1 Å². The van der Waals surface area contributed by atoms with Crippen molar-refractivity contribution in [2.45, 2.75) is 31.1 Å². The fourth-order valence-corrected chi connectivity index (χ4v) is 2.78. The van der Waals surface area contributed by atoms with E-state index in [2.05, 4.69) is 0 Å². The molecule has 0 aromatic heterocycles. The van der Waals surface area contributed by atoms with Gasteiger partial charge < -0.3 is 4.74 Å². The van der Waals surface area contributed by atoms with Crippen LogP contribution in [0.3, 0.4) is 0 Å². The first-order chi connectivity index (χ1) is 9.08. The second-order valence-corrected chi connectivity index (χ2v) is 6.58. The van der Waals surface area contributed by atoms with Gasteiger partial charge in [0.2, 0.25) is 0 Å². The van der Waals surface area contributed by atoms with E-state index in [4.69, 9.17) is 8.92 Å². The number of benzene rings is 1. The first kappa shape index (κ1) is 14.5. The van der Waals surface area contributed by atoms with Crippen LogP contribution >= 0.6 is 0 Å². The Hall–Kier alpha value is -0.910. The Morgan fingerprint density at radius 2 is 1.84 bits per heavy atom. The molecule has 4 nitrogen and oxygen atoms in total. The summed E-state index contributed by atoms with van der Waals surface area (Å²) in [6, 6.07) is 6.62. The molecular weight excluding hydrogens is 264 g/mol. The fraction of sp³-hybridized carbons (Fsp3) is 0.571. The molecule has 0 unspecified atom stereocenters. The molecule has 0 spiro atoms. The van der Waals surface area contributed by atoms with Gasteiger partial charge >= 0.3 is 0 Å². The second-order valence-electron chi connectivity index (χ2n) is 4.96. The summed E-state index contributed by atoms with van der Waals surface area (Å²) in [4.78, 5) is 0.192. The SMILES string of the molecule is Cc1ccc(S(=O)(=O)OCCOCC2CCC2)cc1. The molecular formula is C14H20O4S. The van der Waals surface area contributed by atoms with Crippen LogP contribution < -0.4 is 0 Å². The second kappa shape index (κ2) is 6.50. The Bertz CT molecular complexity index is 489. The topological polar surface area (TPSA) is 52.6 Å². The average molecular weight is 284 g/mol. The summed E-state index contributed by atoms with van der Waals surface area (Å²) in [6.45, 7) is 3.02. The van der Waals surface area contributed by atoms with Crippen molar-refractivity contribution in [1.29, 1.82) is 0 Å². The standard InChI is InChI=1S/C14H20O4S/c1-12-5-7-14(8-6-12)19(15,16)18-10-9-17-11-13-3-2-4-13/h5-8,13H,2-4,9-11H2,1H3. The van der Waals surface area contributed by atoms with Gasteiger partial charge in [-0.05, 0) is 37.8 Å². The third-order valence-electron chi connectivity index (χ3n) is 3.35. The molecule has 19 heavy (non-hydrogen) atoms. The highest BCUT2D eigenvalue weighted by Crippen LogP contribution is 2.26. The number of ether oxygens (including phenoxy) is 1. The molecule has 0 saturated heterocycles. The summed E-state index contributed by atoms with van der Waals surface area (Å²) in [7, 11) is -3.65. The maximum absolute atomic E-state index is 11.8. The molecule has 0 amide bonds. The number of hydrogen-bond donors (Lipinski definition) is 0.